The Hall–Kier alpha value is -3.36. The lowest BCUT2D eigenvalue weighted by Crippen LogP contribution is -1.93. The van der Waals surface area contributed by atoms with Gasteiger partial charge in [0, 0.05) is 16.7 Å². The average molecular weight is 469 g/mol. The highest BCUT2D eigenvalue weighted by atomic mass is 19.1. The second-order valence-electron chi connectivity index (χ2n) is 9.10. The summed E-state index contributed by atoms with van der Waals surface area (Å²) in [6.45, 7) is 4.24. The third-order valence-corrected chi connectivity index (χ3v) is 6.05. The molecule has 3 aromatic carbocycles. The van der Waals surface area contributed by atoms with E-state index in [4.69, 9.17) is 0 Å². The van der Waals surface area contributed by atoms with Crippen LogP contribution in [0.3, 0.4) is 0 Å². The minimum atomic E-state index is -0.697. The molecule has 0 heterocycles. The van der Waals surface area contributed by atoms with Crippen LogP contribution in [0.2, 0.25) is 0 Å². The summed E-state index contributed by atoms with van der Waals surface area (Å²) in [7, 11) is 0. The lowest BCUT2D eigenvalue weighted by Gasteiger charge is -2.03. The fourth-order valence-electron chi connectivity index (χ4n) is 3.90. The summed E-state index contributed by atoms with van der Waals surface area (Å²) in [6, 6.07) is 18.1. The van der Waals surface area contributed by atoms with Crippen molar-refractivity contribution in [2.75, 3.05) is 0 Å². The van der Waals surface area contributed by atoms with Gasteiger partial charge in [0.05, 0.1) is 5.56 Å². The van der Waals surface area contributed by atoms with Gasteiger partial charge in [-0.15, -0.1) is 0 Å². The zero-order valence-corrected chi connectivity index (χ0v) is 20.9. The number of benzene rings is 3. The van der Waals surface area contributed by atoms with Crippen LogP contribution in [0.1, 0.15) is 91.7 Å². The molecule has 0 spiro atoms. The highest BCUT2D eigenvalue weighted by molar-refractivity contribution is 5.49. The van der Waals surface area contributed by atoms with Gasteiger partial charge in [-0.3, -0.25) is 0 Å². The molecule has 0 nitrogen and oxygen atoms in total. The highest BCUT2D eigenvalue weighted by Crippen LogP contribution is 2.16. The van der Waals surface area contributed by atoms with Crippen LogP contribution in [-0.2, 0) is 6.42 Å². The van der Waals surface area contributed by atoms with Crippen LogP contribution in [0.4, 0.5) is 8.78 Å². The van der Waals surface area contributed by atoms with Crippen LogP contribution in [0.5, 0.6) is 0 Å². The van der Waals surface area contributed by atoms with Crippen molar-refractivity contribution in [1.82, 2.24) is 0 Å². The van der Waals surface area contributed by atoms with Gasteiger partial charge in [0.25, 0.3) is 0 Å². The van der Waals surface area contributed by atoms with Gasteiger partial charge >= 0.3 is 0 Å². The Labute approximate surface area is 209 Å². The van der Waals surface area contributed by atoms with Gasteiger partial charge in [-0.1, -0.05) is 105 Å². The van der Waals surface area contributed by atoms with E-state index in [9.17, 15) is 8.78 Å². The van der Waals surface area contributed by atoms with E-state index in [0.717, 1.165) is 23.1 Å². The molecule has 180 valence electrons. The zero-order chi connectivity index (χ0) is 24.9. The van der Waals surface area contributed by atoms with E-state index in [2.05, 4.69) is 42.7 Å². The van der Waals surface area contributed by atoms with Crippen LogP contribution >= 0.6 is 0 Å². The standard InChI is InChI=1S/C33H34F2/c1-3-4-5-6-7-8-9-10-11-27-16-18-29(19-17-27)22-23-31-32(34)24-30(25-33(31)35)21-20-28-14-12-26(2)13-15-28/h12-19,24-25H,3-11H2,1-2H3. The van der Waals surface area contributed by atoms with Crippen molar-refractivity contribution in [2.24, 2.45) is 0 Å². The van der Waals surface area contributed by atoms with Gasteiger partial charge in [-0.25, -0.2) is 8.78 Å². The fourth-order valence-corrected chi connectivity index (χ4v) is 3.90. The molecular formula is C33H34F2. The van der Waals surface area contributed by atoms with Gasteiger partial charge in [0.15, 0.2) is 0 Å². The average Bonchev–Trinajstić information content (AvgIpc) is 2.85. The number of hydrogen-bond acceptors (Lipinski definition) is 0. The lowest BCUT2D eigenvalue weighted by molar-refractivity contribution is 0.575. The summed E-state index contributed by atoms with van der Waals surface area (Å²) in [6.07, 6.45) is 11.5. The molecule has 0 fully saturated rings. The topological polar surface area (TPSA) is 0 Å². The molecule has 0 aliphatic rings. The summed E-state index contributed by atoms with van der Waals surface area (Å²) in [5.41, 5.74) is 4.01. The maximum absolute atomic E-state index is 14.5. The Morgan fingerprint density at radius 1 is 0.571 bits per heavy atom. The van der Waals surface area contributed by atoms with Gasteiger partial charge < -0.3 is 0 Å². The molecule has 0 aliphatic carbocycles. The molecule has 0 unspecified atom stereocenters. The van der Waals surface area contributed by atoms with Gasteiger partial charge in [-0.05, 0) is 61.7 Å². The number of aryl methyl sites for hydroxylation is 2. The van der Waals surface area contributed by atoms with Gasteiger partial charge in [0.1, 0.15) is 11.6 Å². The summed E-state index contributed by atoms with van der Waals surface area (Å²) in [4.78, 5) is 0. The third-order valence-electron chi connectivity index (χ3n) is 6.05. The highest BCUT2D eigenvalue weighted by Gasteiger charge is 2.08. The largest absolute Gasteiger partial charge is 0.205 e. The van der Waals surface area contributed by atoms with Crippen molar-refractivity contribution >= 4 is 0 Å². The van der Waals surface area contributed by atoms with E-state index in [-0.39, 0.29) is 11.1 Å². The first-order valence-electron chi connectivity index (χ1n) is 12.7. The van der Waals surface area contributed by atoms with Gasteiger partial charge in [0.2, 0.25) is 0 Å². The van der Waals surface area contributed by atoms with Crippen molar-refractivity contribution < 1.29 is 8.78 Å². The quantitative estimate of drug-likeness (QED) is 0.217. The van der Waals surface area contributed by atoms with Crippen LogP contribution in [0.25, 0.3) is 0 Å². The monoisotopic (exact) mass is 468 g/mol. The predicted octanol–water partition coefficient (Wildman–Crippen LogP) is 8.76. The molecule has 0 bridgehead atoms. The van der Waals surface area contributed by atoms with E-state index in [0.29, 0.717) is 0 Å². The fraction of sp³-hybridized carbons (Fsp3) is 0.333. The molecule has 2 heteroatoms. The summed E-state index contributed by atoms with van der Waals surface area (Å²) in [5, 5.41) is 0. The van der Waals surface area contributed by atoms with Crippen LogP contribution in [0.15, 0.2) is 60.7 Å². The Morgan fingerprint density at radius 3 is 1.66 bits per heavy atom. The van der Waals surface area contributed by atoms with E-state index in [1.165, 1.54) is 69.1 Å². The summed E-state index contributed by atoms with van der Waals surface area (Å²) < 4.78 is 29.1. The maximum Gasteiger partial charge on any atom is 0.143 e. The first kappa shape index (κ1) is 26.2. The third kappa shape index (κ3) is 9.07. The van der Waals surface area contributed by atoms with E-state index in [1.54, 1.807) is 0 Å². The SMILES string of the molecule is CCCCCCCCCCc1ccc(C#Cc2c(F)cc(C#Cc3ccc(C)cc3)cc2F)cc1. The molecule has 35 heavy (non-hydrogen) atoms. The van der Waals surface area contributed by atoms with Crippen molar-refractivity contribution in [3.63, 3.8) is 0 Å². The normalized spacial score (nSPS) is 10.3. The molecule has 0 saturated carbocycles. The zero-order valence-electron chi connectivity index (χ0n) is 20.9. The lowest BCUT2D eigenvalue weighted by atomic mass is 10.0. The van der Waals surface area contributed by atoms with Crippen molar-refractivity contribution in [1.29, 1.82) is 0 Å². The number of rotatable bonds is 9. The van der Waals surface area contributed by atoms with Crippen molar-refractivity contribution in [3.8, 4) is 23.7 Å². The Morgan fingerprint density at radius 2 is 1.06 bits per heavy atom. The van der Waals surface area contributed by atoms with Crippen LogP contribution in [-0.4, -0.2) is 0 Å². The minimum Gasteiger partial charge on any atom is -0.205 e. The molecular weight excluding hydrogens is 434 g/mol. The summed E-state index contributed by atoms with van der Waals surface area (Å²) in [5.74, 6) is 9.91. The second kappa shape index (κ2) is 14.1. The number of unbranched alkanes of at least 4 members (excludes halogenated alkanes) is 7. The van der Waals surface area contributed by atoms with E-state index in [1.807, 2.05) is 43.3 Å². The molecule has 3 rings (SSSR count). The van der Waals surface area contributed by atoms with E-state index >= 15 is 0 Å². The molecule has 0 aliphatic heterocycles. The van der Waals surface area contributed by atoms with E-state index < -0.39 is 11.6 Å². The van der Waals surface area contributed by atoms with Crippen molar-refractivity contribution in [2.45, 2.75) is 71.6 Å². The molecule has 3 aromatic rings. The number of hydrogen-bond donors (Lipinski definition) is 0. The summed E-state index contributed by atoms with van der Waals surface area (Å²) >= 11 is 0. The van der Waals surface area contributed by atoms with Crippen LogP contribution in [0, 0.1) is 42.2 Å². The molecule has 0 N–H and O–H groups in total. The minimum absolute atomic E-state index is 0.228. The Bertz CT molecular complexity index is 1170. The van der Waals surface area contributed by atoms with Crippen LogP contribution < -0.4 is 0 Å². The number of halogens is 2. The first-order valence-corrected chi connectivity index (χ1v) is 12.7. The molecule has 0 amide bonds. The molecule has 0 saturated heterocycles. The Kier molecular flexibility index (Phi) is 10.6. The molecule has 0 aromatic heterocycles. The van der Waals surface area contributed by atoms with Crippen molar-refractivity contribution in [3.05, 3.63) is 106 Å². The molecule has 0 radical (unpaired) electrons. The smallest absolute Gasteiger partial charge is 0.143 e. The predicted molar refractivity (Wildman–Crippen MR) is 142 cm³/mol. The molecule has 0 atom stereocenters. The Balaban J connectivity index is 1.54. The van der Waals surface area contributed by atoms with Gasteiger partial charge in [-0.2, -0.15) is 0 Å². The maximum atomic E-state index is 14.5. The first-order chi connectivity index (χ1) is 17.0. The second-order valence-corrected chi connectivity index (χ2v) is 9.10.